The molecule has 24 heavy (non-hydrogen) atoms. The van der Waals surface area contributed by atoms with E-state index in [4.69, 9.17) is 0 Å². The van der Waals surface area contributed by atoms with Crippen molar-refractivity contribution in [2.24, 2.45) is 0 Å². The standard InChI is InChI=1S/C17H13N3O4/c21-12-9-8-11-4-3-6-14(13(11)10-12)18-17(22)19-15-5-1-2-7-16(15)20(23)24/h1-10,21H,(H2,18,19,22). The molecule has 0 fully saturated rings. The number of rotatable bonds is 3. The second kappa shape index (κ2) is 6.25. The summed E-state index contributed by atoms with van der Waals surface area (Å²) in [6.07, 6.45) is 0. The molecule has 3 aromatic rings. The van der Waals surface area contributed by atoms with E-state index in [0.717, 1.165) is 5.39 Å². The van der Waals surface area contributed by atoms with Crippen molar-refractivity contribution in [3.63, 3.8) is 0 Å². The topological polar surface area (TPSA) is 104 Å². The lowest BCUT2D eigenvalue weighted by Crippen LogP contribution is -2.20. The number of carbonyl (C=O) groups excluding carboxylic acids is 1. The van der Waals surface area contributed by atoms with Crippen molar-refractivity contribution in [3.8, 4) is 5.75 Å². The highest BCUT2D eigenvalue weighted by Gasteiger charge is 2.15. The molecule has 0 saturated heterocycles. The van der Waals surface area contributed by atoms with Gasteiger partial charge in [0.2, 0.25) is 0 Å². The van der Waals surface area contributed by atoms with Crippen LogP contribution in [0.4, 0.5) is 21.9 Å². The molecule has 0 aromatic heterocycles. The average Bonchev–Trinajstić information content (AvgIpc) is 2.55. The van der Waals surface area contributed by atoms with Crippen molar-refractivity contribution in [3.05, 3.63) is 70.8 Å². The number of phenolic OH excluding ortho intramolecular Hbond substituents is 1. The largest absolute Gasteiger partial charge is 0.508 e. The molecule has 0 saturated carbocycles. The first-order chi connectivity index (χ1) is 11.5. The average molecular weight is 323 g/mol. The molecule has 3 rings (SSSR count). The van der Waals surface area contributed by atoms with Gasteiger partial charge in [0.05, 0.1) is 10.6 Å². The van der Waals surface area contributed by atoms with Crippen LogP contribution in [0, 0.1) is 10.1 Å². The summed E-state index contributed by atoms with van der Waals surface area (Å²) >= 11 is 0. The monoisotopic (exact) mass is 323 g/mol. The van der Waals surface area contributed by atoms with Gasteiger partial charge in [-0.05, 0) is 29.7 Å². The van der Waals surface area contributed by atoms with Gasteiger partial charge in [0.1, 0.15) is 11.4 Å². The van der Waals surface area contributed by atoms with Gasteiger partial charge in [0.15, 0.2) is 0 Å². The highest BCUT2D eigenvalue weighted by atomic mass is 16.6. The van der Waals surface area contributed by atoms with Crippen LogP contribution in [-0.4, -0.2) is 16.1 Å². The predicted molar refractivity (Wildman–Crippen MR) is 91.4 cm³/mol. The second-order valence-electron chi connectivity index (χ2n) is 5.06. The number of phenols is 1. The van der Waals surface area contributed by atoms with Gasteiger partial charge in [-0.25, -0.2) is 4.79 Å². The Bertz CT molecular complexity index is 940. The number of anilines is 2. The Balaban J connectivity index is 1.86. The summed E-state index contributed by atoms with van der Waals surface area (Å²) in [5.74, 6) is 0.0795. The summed E-state index contributed by atoms with van der Waals surface area (Å²) in [7, 11) is 0. The molecule has 0 bridgehead atoms. The maximum Gasteiger partial charge on any atom is 0.323 e. The summed E-state index contributed by atoms with van der Waals surface area (Å²) in [5.41, 5.74) is 0.394. The van der Waals surface area contributed by atoms with Crippen molar-refractivity contribution in [1.29, 1.82) is 0 Å². The number of amides is 2. The quantitative estimate of drug-likeness (QED) is 0.498. The number of carbonyl (C=O) groups is 1. The smallest absolute Gasteiger partial charge is 0.323 e. The SMILES string of the molecule is O=C(Nc1ccccc1[N+](=O)[O-])Nc1cccc2ccc(O)cc12. The molecular formula is C17H13N3O4. The number of fused-ring (bicyclic) bond motifs is 1. The number of nitro benzene ring substituents is 1. The molecule has 0 atom stereocenters. The van der Waals surface area contributed by atoms with Crippen LogP contribution in [0.15, 0.2) is 60.7 Å². The number of benzene rings is 3. The van der Waals surface area contributed by atoms with E-state index in [1.165, 1.54) is 24.3 Å². The normalized spacial score (nSPS) is 10.3. The number of aromatic hydroxyl groups is 1. The van der Waals surface area contributed by atoms with Gasteiger partial charge in [-0.15, -0.1) is 0 Å². The lowest BCUT2D eigenvalue weighted by molar-refractivity contribution is -0.383. The van der Waals surface area contributed by atoms with Crippen molar-refractivity contribution < 1.29 is 14.8 Å². The van der Waals surface area contributed by atoms with E-state index in [9.17, 15) is 20.0 Å². The summed E-state index contributed by atoms with van der Waals surface area (Å²) in [6, 6.07) is 15.4. The van der Waals surface area contributed by atoms with Crippen LogP contribution in [0.3, 0.4) is 0 Å². The van der Waals surface area contributed by atoms with Gasteiger partial charge in [-0.3, -0.25) is 10.1 Å². The van der Waals surface area contributed by atoms with Gasteiger partial charge in [-0.1, -0.05) is 30.3 Å². The molecule has 0 spiro atoms. The fourth-order valence-corrected chi connectivity index (χ4v) is 2.38. The van der Waals surface area contributed by atoms with Gasteiger partial charge < -0.3 is 15.7 Å². The molecule has 0 radical (unpaired) electrons. The van der Waals surface area contributed by atoms with E-state index in [1.807, 2.05) is 6.07 Å². The van der Waals surface area contributed by atoms with Crippen molar-refractivity contribution in [2.75, 3.05) is 10.6 Å². The molecule has 0 heterocycles. The molecular weight excluding hydrogens is 310 g/mol. The van der Waals surface area contributed by atoms with Gasteiger partial charge >= 0.3 is 6.03 Å². The zero-order valence-corrected chi connectivity index (χ0v) is 12.4. The minimum atomic E-state index is -0.611. The molecule has 0 unspecified atom stereocenters. The Hall–Kier alpha value is -3.61. The van der Waals surface area contributed by atoms with Gasteiger partial charge in [0, 0.05) is 11.5 Å². The van der Waals surface area contributed by atoms with E-state index < -0.39 is 11.0 Å². The fraction of sp³-hybridized carbons (Fsp3) is 0. The van der Waals surface area contributed by atoms with Crippen LogP contribution >= 0.6 is 0 Å². The molecule has 3 N–H and O–H groups in total. The van der Waals surface area contributed by atoms with Crippen LogP contribution in [-0.2, 0) is 0 Å². The van der Waals surface area contributed by atoms with E-state index in [2.05, 4.69) is 10.6 Å². The minimum absolute atomic E-state index is 0.0795. The predicted octanol–water partition coefficient (Wildman–Crippen LogP) is 4.10. The molecule has 3 aromatic carbocycles. The highest BCUT2D eigenvalue weighted by molar-refractivity contribution is 6.07. The number of nitrogens with zero attached hydrogens (tertiary/aromatic N) is 1. The molecule has 7 heteroatoms. The number of nitrogens with one attached hydrogen (secondary N) is 2. The summed E-state index contributed by atoms with van der Waals surface area (Å²) in [5, 5.41) is 27.2. The minimum Gasteiger partial charge on any atom is -0.508 e. The maximum atomic E-state index is 12.2. The first-order valence-corrected chi connectivity index (χ1v) is 7.08. The third-order valence-electron chi connectivity index (χ3n) is 3.46. The summed E-state index contributed by atoms with van der Waals surface area (Å²) in [6.45, 7) is 0. The Labute approximate surface area is 136 Å². The van der Waals surface area contributed by atoms with Crippen molar-refractivity contribution in [2.45, 2.75) is 0 Å². The molecule has 0 aliphatic heterocycles. The number of urea groups is 1. The van der Waals surface area contributed by atoms with Crippen LogP contribution in [0.5, 0.6) is 5.75 Å². The maximum absolute atomic E-state index is 12.2. The summed E-state index contributed by atoms with van der Waals surface area (Å²) in [4.78, 5) is 22.6. The number of hydrogen-bond acceptors (Lipinski definition) is 4. The molecule has 0 aliphatic carbocycles. The number of hydrogen-bond donors (Lipinski definition) is 3. The Kier molecular flexibility index (Phi) is 3.98. The lowest BCUT2D eigenvalue weighted by atomic mass is 10.1. The highest BCUT2D eigenvalue weighted by Crippen LogP contribution is 2.28. The summed E-state index contributed by atoms with van der Waals surface area (Å²) < 4.78 is 0. The zero-order valence-electron chi connectivity index (χ0n) is 12.4. The van der Waals surface area contributed by atoms with Gasteiger partial charge in [-0.2, -0.15) is 0 Å². The Morgan fingerprint density at radius 3 is 2.46 bits per heavy atom. The van der Waals surface area contributed by atoms with Crippen LogP contribution in [0.2, 0.25) is 0 Å². The van der Waals surface area contributed by atoms with E-state index >= 15 is 0 Å². The molecule has 2 amide bonds. The molecule has 7 nitrogen and oxygen atoms in total. The first kappa shape index (κ1) is 15.3. The van der Waals surface area contributed by atoms with Crippen LogP contribution in [0.25, 0.3) is 10.8 Å². The van der Waals surface area contributed by atoms with Crippen LogP contribution < -0.4 is 10.6 Å². The third kappa shape index (κ3) is 3.09. The van der Waals surface area contributed by atoms with Crippen molar-refractivity contribution >= 4 is 33.9 Å². The van der Waals surface area contributed by atoms with E-state index in [-0.39, 0.29) is 17.1 Å². The first-order valence-electron chi connectivity index (χ1n) is 7.08. The van der Waals surface area contributed by atoms with Gasteiger partial charge in [0.25, 0.3) is 5.69 Å². The second-order valence-corrected chi connectivity index (χ2v) is 5.06. The fourth-order valence-electron chi connectivity index (χ4n) is 2.38. The zero-order chi connectivity index (χ0) is 17.1. The van der Waals surface area contributed by atoms with E-state index in [1.54, 1.807) is 30.3 Å². The molecule has 0 aliphatic rings. The van der Waals surface area contributed by atoms with Crippen molar-refractivity contribution in [1.82, 2.24) is 0 Å². The number of nitro groups is 1. The third-order valence-corrected chi connectivity index (χ3v) is 3.46. The number of para-hydroxylation sites is 2. The Morgan fingerprint density at radius 1 is 0.958 bits per heavy atom. The molecule has 120 valence electrons. The Morgan fingerprint density at radius 2 is 1.67 bits per heavy atom. The van der Waals surface area contributed by atoms with E-state index in [0.29, 0.717) is 11.1 Å². The lowest BCUT2D eigenvalue weighted by Gasteiger charge is -2.10. The van der Waals surface area contributed by atoms with Crippen LogP contribution in [0.1, 0.15) is 0 Å².